The first-order valence-corrected chi connectivity index (χ1v) is 6.91. The Morgan fingerprint density at radius 3 is 1.91 bits per heavy atom. The van der Waals surface area contributed by atoms with Crippen LogP contribution < -0.4 is 4.74 Å². The second kappa shape index (κ2) is 10.7. The van der Waals surface area contributed by atoms with Crippen molar-refractivity contribution in [3.05, 3.63) is 93.0 Å². The van der Waals surface area contributed by atoms with E-state index >= 15 is 0 Å². The summed E-state index contributed by atoms with van der Waals surface area (Å²) in [6.45, 7) is 0. The molecule has 0 N–H and O–H groups in total. The molecule has 23 heavy (non-hydrogen) atoms. The van der Waals surface area contributed by atoms with E-state index < -0.39 is 0 Å². The standard InChI is InChI=1S/C14H13O3.C5H5.Fe/c1-16-13-9-11(14(15)17-2)7-8-12(13)10-5-3-4-6-10;1-2-4-5-3-1;/h3-9H,1-2H3;1-5H;/q;;+2. The van der Waals surface area contributed by atoms with Crippen LogP contribution in [0.4, 0.5) is 0 Å². The minimum absolute atomic E-state index is 0. The first kappa shape index (κ1) is 20.1. The molecule has 0 heterocycles. The minimum Gasteiger partial charge on any atom is -0.496 e. The fourth-order valence-electron chi connectivity index (χ4n) is 2.05. The maximum Gasteiger partial charge on any atom is 2.00 e. The van der Waals surface area contributed by atoms with Gasteiger partial charge >= 0.3 is 23.0 Å². The Balaban J connectivity index is 0.000000377. The van der Waals surface area contributed by atoms with E-state index in [1.807, 2.05) is 63.9 Å². The molecule has 118 valence electrons. The molecule has 3 rings (SSSR count). The predicted octanol–water partition coefficient (Wildman–Crippen LogP) is 3.25. The van der Waals surface area contributed by atoms with E-state index in [9.17, 15) is 4.79 Å². The van der Waals surface area contributed by atoms with Gasteiger partial charge < -0.3 is 9.47 Å². The molecule has 1 aromatic carbocycles. The van der Waals surface area contributed by atoms with Crippen LogP contribution >= 0.6 is 0 Å². The normalized spacial score (nSPS) is 17.0. The van der Waals surface area contributed by atoms with Crippen LogP contribution in [0.3, 0.4) is 0 Å². The Kier molecular flexibility index (Phi) is 9.35. The van der Waals surface area contributed by atoms with Crippen molar-refractivity contribution in [1.82, 2.24) is 0 Å². The summed E-state index contributed by atoms with van der Waals surface area (Å²) < 4.78 is 9.97. The molecule has 3 nitrogen and oxygen atoms in total. The molecule has 0 unspecified atom stereocenters. The van der Waals surface area contributed by atoms with E-state index in [4.69, 9.17) is 4.74 Å². The van der Waals surface area contributed by atoms with Crippen LogP contribution in [-0.2, 0) is 21.8 Å². The Morgan fingerprint density at radius 1 is 0.870 bits per heavy atom. The van der Waals surface area contributed by atoms with Crippen LogP contribution in [0.1, 0.15) is 15.9 Å². The SMILES string of the molecule is COC(=O)c1ccc([C]2[CH][CH][CH][CH]2)c(OC)c1.[CH]1[CH][CH][CH][CH]1.[Fe+2]. The Morgan fingerprint density at radius 2 is 1.43 bits per heavy atom. The van der Waals surface area contributed by atoms with E-state index in [0.717, 1.165) is 11.5 Å². The quantitative estimate of drug-likeness (QED) is 0.620. The fourth-order valence-corrected chi connectivity index (χ4v) is 2.05. The maximum absolute atomic E-state index is 11.4. The van der Waals surface area contributed by atoms with E-state index in [1.165, 1.54) is 7.11 Å². The Hall–Kier alpha value is -0.991. The van der Waals surface area contributed by atoms with Crippen LogP contribution in [0.5, 0.6) is 5.75 Å². The average Bonchev–Trinajstić information content (AvgIpc) is 3.28. The molecule has 2 fully saturated rings. The number of carbonyl (C=O) groups is 1. The number of methoxy groups -OCH3 is 2. The van der Waals surface area contributed by atoms with Crippen molar-refractivity contribution >= 4 is 5.97 Å². The molecular weight excluding hydrogens is 332 g/mol. The molecule has 2 saturated carbocycles. The van der Waals surface area contributed by atoms with Gasteiger partial charge in [0.1, 0.15) is 5.75 Å². The van der Waals surface area contributed by atoms with Gasteiger partial charge in [-0.15, -0.1) is 0 Å². The monoisotopic (exact) mass is 350 g/mol. The first-order valence-electron chi connectivity index (χ1n) is 6.91. The molecule has 10 radical (unpaired) electrons. The largest absolute Gasteiger partial charge is 2.00 e. The molecule has 0 atom stereocenters. The molecule has 2 aliphatic carbocycles. The summed E-state index contributed by atoms with van der Waals surface area (Å²) in [6, 6.07) is 5.28. The van der Waals surface area contributed by atoms with Crippen LogP contribution in [0.2, 0.25) is 0 Å². The first-order chi connectivity index (χ1) is 10.8. The number of esters is 1. The van der Waals surface area contributed by atoms with Gasteiger partial charge in [-0.25, -0.2) is 4.79 Å². The summed E-state index contributed by atoms with van der Waals surface area (Å²) in [7, 11) is 2.95. The van der Waals surface area contributed by atoms with Crippen LogP contribution in [0.15, 0.2) is 18.2 Å². The molecule has 1 aromatic rings. The fraction of sp³-hybridized carbons (Fsp3) is 0.105. The van der Waals surface area contributed by atoms with E-state index in [0.29, 0.717) is 11.3 Å². The summed E-state index contributed by atoms with van der Waals surface area (Å²) >= 11 is 0. The molecular formula is C19H18FeO3+2. The number of ether oxygens (including phenoxy) is 2. The van der Waals surface area contributed by atoms with Gasteiger partial charge in [0.25, 0.3) is 0 Å². The van der Waals surface area contributed by atoms with Gasteiger partial charge in [-0.3, -0.25) is 0 Å². The van der Waals surface area contributed by atoms with Gasteiger partial charge in [0.05, 0.1) is 19.8 Å². The van der Waals surface area contributed by atoms with Gasteiger partial charge in [-0.05, 0) is 69.9 Å². The van der Waals surface area contributed by atoms with Crippen molar-refractivity contribution in [2.75, 3.05) is 14.2 Å². The third kappa shape index (κ3) is 5.85. The topological polar surface area (TPSA) is 35.5 Å². The van der Waals surface area contributed by atoms with Gasteiger partial charge in [-0.2, -0.15) is 0 Å². The maximum atomic E-state index is 11.4. The van der Waals surface area contributed by atoms with Gasteiger partial charge in [0.15, 0.2) is 0 Å². The van der Waals surface area contributed by atoms with E-state index in [-0.39, 0.29) is 23.0 Å². The van der Waals surface area contributed by atoms with E-state index in [1.54, 1.807) is 19.2 Å². The second-order valence-electron chi connectivity index (χ2n) is 4.54. The van der Waals surface area contributed by atoms with Crippen LogP contribution in [0, 0.1) is 63.7 Å². The molecule has 0 aromatic heterocycles. The van der Waals surface area contributed by atoms with Crippen LogP contribution in [0.25, 0.3) is 0 Å². The average molecular weight is 350 g/mol. The number of rotatable bonds is 3. The smallest absolute Gasteiger partial charge is 0.496 e. The van der Waals surface area contributed by atoms with Crippen molar-refractivity contribution in [3.63, 3.8) is 0 Å². The van der Waals surface area contributed by atoms with Crippen molar-refractivity contribution in [1.29, 1.82) is 0 Å². The molecule has 2 aliphatic rings. The number of carbonyl (C=O) groups excluding carboxylic acids is 1. The predicted molar refractivity (Wildman–Crippen MR) is 85.4 cm³/mol. The third-order valence-corrected chi connectivity index (χ3v) is 3.15. The zero-order valence-electron chi connectivity index (χ0n) is 13.0. The summed E-state index contributed by atoms with van der Waals surface area (Å²) in [5.74, 6) is 1.37. The van der Waals surface area contributed by atoms with Gasteiger partial charge in [0.2, 0.25) is 0 Å². The number of benzene rings is 1. The van der Waals surface area contributed by atoms with Crippen molar-refractivity contribution in [2.45, 2.75) is 0 Å². The van der Waals surface area contributed by atoms with Crippen molar-refractivity contribution < 1.29 is 31.3 Å². The zero-order valence-corrected chi connectivity index (χ0v) is 14.1. The number of hydrogen-bond acceptors (Lipinski definition) is 3. The minimum atomic E-state index is -0.364. The molecule has 0 amide bonds. The zero-order chi connectivity index (χ0) is 15.8. The van der Waals surface area contributed by atoms with E-state index in [2.05, 4.69) is 4.74 Å². The second-order valence-corrected chi connectivity index (χ2v) is 4.54. The van der Waals surface area contributed by atoms with Gasteiger partial charge in [0, 0.05) is 11.5 Å². The molecule has 4 heteroatoms. The Bertz CT molecular complexity index is 470. The van der Waals surface area contributed by atoms with Gasteiger partial charge in [-0.1, -0.05) is 6.07 Å². The summed E-state index contributed by atoms with van der Waals surface area (Å²) in [5.41, 5.74) is 1.45. The molecule has 0 spiro atoms. The summed E-state index contributed by atoms with van der Waals surface area (Å²) in [4.78, 5) is 11.4. The summed E-state index contributed by atoms with van der Waals surface area (Å²) in [5, 5.41) is 0. The third-order valence-electron chi connectivity index (χ3n) is 3.15. The molecule has 0 aliphatic heterocycles. The van der Waals surface area contributed by atoms with Crippen molar-refractivity contribution in [3.8, 4) is 5.75 Å². The molecule has 0 saturated heterocycles. The van der Waals surface area contributed by atoms with Crippen LogP contribution in [-0.4, -0.2) is 20.2 Å². The van der Waals surface area contributed by atoms with Crippen molar-refractivity contribution in [2.24, 2.45) is 0 Å². The molecule has 0 bridgehead atoms. The Labute approximate surface area is 150 Å². The number of hydrogen-bond donors (Lipinski definition) is 0. The summed E-state index contributed by atoms with van der Waals surface area (Å²) in [6.07, 6.45) is 17.9.